The lowest BCUT2D eigenvalue weighted by Gasteiger charge is -2.08. The van der Waals surface area contributed by atoms with Gasteiger partial charge in [-0.25, -0.2) is 4.98 Å². The summed E-state index contributed by atoms with van der Waals surface area (Å²) in [7, 11) is 0. The fourth-order valence-corrected chi connectivity index (χ4v) is 4.93. The van der Waals surface area contributed by atoms with Crippen molar-refractivity contribution in [1.82, 2.24) is 24.9 Å². The Balaban J connectivity index is 1.39. The first-order valence-electron chi connectivity index (χ1n) is 10.8. The van der Waals surface area contributed by atoms with Gasteiger partial charge in [0, 0.05) is 23.8 Å². The lowest BCUT2D eigenvalue weighted by molar-refractivity contribution is 0.101. The van der Waals surface area contributed by atoms with Gasteiger partial charge in [-0.2, -0.15) is 9.78 Å². The first kappa shape index (κ1) is 21.9. The number of rotatable bonds is 6. The first-order valence-corrected chi connectivity index (χ1v) is 12.5. The van der Waals surface area contributed by atoms with Gasteiger partial charge in [-0.1, -0.05) is 47.6 Å². The van der Waals surface area contributed by atoms with Crippen molar-refractivity contribution in [2.24, 2.45) is 0 Å². The van der Waals surface area contributed by atoms with Crippen LogP contribution in [-0.2, 0) is 0 Å². The summed E-state index contributed by atoms with van der Waals surface area (Å²) >= 11 is 2.99. The summed E-state index contributed by atoms with van der Waals surface area (Å²) in [5.74, 6) is 0.503. The summed E-state index contributed by atoms with van der Waals surface area (Å²) in [6, 6.07) is 21.7. The van der Waals surface area contributed by atoms with Gasteiger partial charge in [-0.05, 0) is 22.9 Å². The molecule has 0 fully saturated rings. The van der Waals surface area contributed by atoms with Gasteiger partial charge in [0.2, 0.25) is 5.95 Å². The zero-order valence-electron chi connectivity index (χ0n) is 18.4. The van der Waals surface area contributed by atoms with E-state index < -0.39 is 5.91 Å². The molecule has 1 amide bonds. The van der Waals surface area contributed by atoms with Gasteiger partial charge in [0.05, 0.1) is 15.4 Å². The zero-order valence-corrected chi connectivity index (χ0v) is 20.0. The number of aromatic amines is 1. The second kappa shape index (κ2) is 9.21. The molecule has 0 aliphatic carbocycles. The maximum Gasteiger partial charge on any atom is 0.279 e. The molecule has 6 rings (SSSR count). The minimum absolute atomic E-state index is 0.114. The minimum atomic E-state index is -0.484. The molecule has 0 aliphatic rings. The van der Waals surface area contributed by atoms with Crippen molar-refractivity contribution in [3.05, 3.63) is 99.6 Å². The number of carbonyl (C=O) groups is 1. The second-order valence-corrected chi connectivity index (χ2v) is 9.53. The summed E-state index contributed by atoms with van der Waals surface area (Å²) in [5.41, 5.74) is 1.65. The summed E-state index contributed by atoms with van der Waals surface area (Å²) in [6.07, 6.45) is 0. The molecule has 0 bridgehead atoms. The predicted molar refractivity (Wildman–Crippen MR) is 138 cm³/mol. The van der Waals surface area contributed by atoms with Crippen molar-refractivity contribution in [1.29, 1.82) is 0 Å². The number of anilines is 1. The Morgan fingerprint density at radius 2 is 1.69 bits per heavy atom. The highest BCUT2D eigenvalue weighted by molar-refractivity contribution is 7.13. The average Bonchev–Trinajstić information content (AvgIpc) is 3.70. The summed E-state index contributed by atoms with van der Waals surface area (Å²) < 4.78 is 6.75. The molecular formula is C25H16N6O3S2. The van der Waals surface area contributed by atoms with Gasteiger partial charge in [-0.3, -0.25) is 14.6 Å². The molecule has 0 saturated heterocycles. The van der Waals surface area contributed by atoms with Gasteiger partial charge in [0.15, 0.2) is 11.5 Å². The van der Waals surface area contributed by atoms with Crippen LogP contribution in [0.25, 0.3) is 38.4 Å². The minimum Gasteiger partial charge on any atom is -0.355 e. The molecule has 0 spiro atoms. The number of thiophene rings is 2. The van der Waals surface area contributed by atoms with Crippen LogP contribution in [0.1, 0.15) is 10.5 Å². The van der Waals surface area contributed by atoms with E-state index in [1.165, 1.54) is 33.4 Å². The molecule has 176 valence electrons. The summed E-state index contributed by atoms with van der Waals surface area (Å²) in [5, 5.41) is 15.2. The lowest BCUT2D eigenvalue weighted by atomic mass is 10.1. The Hall–Kier alpha value is -4.61. The molecule has 5 heterocycles. The van der Waals surface area contributed by atoms with E-state index >= 15 is 0 Å². The summed E-state index contributed by atoms with van der Waals surface area (Å²) in [4.78, 5) is 34.7. The van der Waals surface area contributed by atoms with Crippen LogP contribution >= 0.6 is 22.7 Å². The Labute approximate surface area is 211 Å². The molecule has 6 aromatic rings. The smallest absolute Gasteiger partial charge is 0.279 e. The van der Waals surface area contributed by atoms with Crippen molar-refractivity contribution in [3.8, 4) is 38.4 Å². The Morgan fingerprint density at radius 1 is 0.917 bits per heavy atom. The fraction of sp³-hybridized carbons (Fsp3) is 0. The van der Waals surface area contributed by atoms with Gasteiger partial charge in [-0.15, -0.1) is 22.7 Å². The zero-order chi connectivity index (χ0) is 24.5. The number of H-pyrrole nitrogens is 1. The standard InChI is InChI=1S/C25H16N6O3S2/c32-23-14-16(15-6-2-1-3-7-15)26-25(28-23)31-22(13-17(29-31)20-8-4-10-35-20)27-24(33)18-12-19(34-30-18)21-9-5-11-36-21/h1-14H,(H,27,33)(H,26,28,32). The number of nitrogens with one attached hydrogen (secondary N) is 2. The third kappa shape index (κ3) is 4.28. The van der Waals surface area contributed by atoms with E-state index in [2.05, 4.69) is 25.5 Å². The van der Waals surface area contributed by atoms with Crippen LogP contribution in [0.15, 0.2) is 92.9 Å². The molecule has 0 radical (unpaired) electrons. The monoisotopic (exact) mass is 512 g/mol. The van der Waals surface area contributed by atoms with Crippen molar-refractivity contribution >= 4 is 34.4 Å². The van der Waals surface area contributed by atoms with E-state index in [0.29, 0.717) is 23.0 Å². The van der Waals surface area contributed by atoms with E-state index in [1.54, 1.807) is 12.1 Å². The molecule has 9 nitrogen and oxygen atoms in total. The van der Waals surface area contributed by atoms with Crippen molar-refractivity contribution in [3.63, 3.8) is 0 Å². The predicted octanol–water partition coefficient (Wildman–Crippen LogP) is 5.32. The molecule has 0 unspecified atom stereocenters. The first-order chi connectivity index (χ1) is 17.6. The van der Waals surface area contributed by atoms with Gasteiger partial charge in [0.1, 0.15) is 11.5 Å². The molecule has 0 atom stereocenters. The number of hydrogen-bond acceptors (Lipinski definition) is 8. The van der Waals surface area contributed by atoms with Crippen molar-refractivity contribution in [2.75, 3.05) is 5.32 Å². The number of hydrogen-bond donors (Lipinski definition) is 2. The normalized spacial score (nSPS) is 11.0. The maximum atomic E-state index is 13.1. The van der Waals surface area contributed by atoms with Crippen LogP contribution in [0.4, 0.5) is 5.82 Å². The van der Waals surface area contributed by atoms with E-state index in [1.807, 2.05) is 65.4 Å². The molecule has 0 aliphatic heterocycles. The number of carbonyl (C=O) groups excluding carboxylic acids is 1. The van der Waals surface area contributed by atoms with Gasteiger partial charge < -0.3 is 9.84 Å². The number of nitrogens with zero attached hydrogens (tertiary/aromatic N) is 4. The third-order valence-corrected chi connectivity index (χ3v) is 7.01. The van der Waals surface area contributed by atoms with Crippen LogP contribution in [0.2, 0.25) is 0 Å². The number of benzene rings is 1. The van der Waals surface area contributed by atoms with E-state index in [-0.39, 0.29) is 17.2 Å². The molecule has 5 aromatic heterocycles. The van der Waals surface area contributed by atoms with Crippen LogP contribution in [0.3, 0.4) is 0 Å². The molecule has 1 aromatic carbocycles. The molecule has 36 heavy (non-hydrogen) atoms. The molecule has 0 saturated carbocycles. The largest absolute Gasteiger partial charge is 0.355 e. The topological polar surface area (TPSA) is 119 Å². The molecular weight excluding hydrogens is 496 g/mol. The highest BCUT2D eigenvalue weighted by atomic mass is 32.1. The van der Waals surface area contributed by atoms with E-state index in [0.717, 1.165) is 15.3 Å². The second-order valence-electron chi connectivity index (χ2n) is 7.63. The van der Waals surface area contributed by atoms with Gasteiger partial charge in [0.25, 0.3) is 11.5 Å². The SMILES string of the molecule is O=C(Nc1cc(-c2cccs2)nn1-c1nc(-c2ccccc2)cc(=O)[nH]1)c1cc(-c2cccs2)on1. The highest BCUT2D eigenvalue weighted by Crippen LogP contribution is 2.29. The summed E-state index contributed by atoms with van der Waals surface area (Å²) in [6.45, 7) is 0. The highest BCUT2D eigenvalue weighted by Gasteiger charge is 2.20. The Morgan fingerprint density at radius 3 is 2.44 bits per heavy atom. The van der Waals surface area contributed by atoms with Crippen molar-refractivity contribution < 1.29 is 9.32 Å². The average molecular weight is 513 g/mol. The maximum absolute atomic E-state index is 13.1. The fourth-order valence-electron chi connectivity index (χ4n) is 3.58. The van der Waals surface area contributed by atoms with Crippen LogP contribution in [0.5, 0.6) is 0 Å². The Bertz CT molecular complexity index is 1700. The Kier molecular flexibility index (Phi) is 5.60. The molecule has 2 N–H and O–H groups in total. The van der Waals surface area contributed by atoms with Crippen molar-refractivity contribution in [2.45, 2.75) is 0 Å². The van der Waals surface area contributed by atoms with Crippen LogP contribution < -0.4 is 10.9 Å². The molecule has 11 heteroatoms. The number of aromatic nitrogens is 5. The quantitative estimate of drug-likeness (QED) is 0.312. The lowest BCUT2D eigenvalue weighted by Crippen LogP contribution is -2.19. The van der Waals surface area contributed by atoms with Crippen LogP contribution in [-0.4, -0.2) is 30.8 Å². The van der Waals surface area contributed by atoms with Crippen LogP contribution in [0, 0.1) is 0 Å². The van der Waals surface area contributed by atoms with E-state index in [4.69, 9.17) is 4.52 Å². The number of amides is 1. The third-order valence-electron chi connectivity index (χ3n) is 5.23. The van der Waals surface area contributed by atoms with E-state index in [9.17, 15) is 9.59 Å². The van der Waals surface area contributed by atoms with Gasteiger partial charge >= 0.3 is 0 Å².